The molecule has 0 saturated carbocycles. The van der Waals surface area contributed by atoms with Crippen molar-refractivity contribution >= 4 is 16.7 Å². The molecule has 0 spiro atoms. The van der Waals surface area contributed by atoms with Gasteiger partial charge in [-0.3, -0.25) is 14.8 Å². The second-order valence-electron chi connectivity index (χ2n) is 7.54. The van der Waals surface area contributed by atoms with Crippen molar-refractivity contribution in [2.75, 3.05) is 39.8 Å². The van der Waals surface area contributed by atoms with E-state index in [4.69, 9.17) is 4.74 Å². The van der Waals surface area contributed by atoms with Gasteiger partial charge in [0.05, 0.1) is 6.20 Å². The summed E-state index contributed by atoms with van der Waals surface area (Å²) in [5.41, 5.74) is 2.16. The number of nitrogens with one attached hydrogen (secondary N) is 1. The van der Waals surface area contributed by atoms with Crippen LogP contribution in [0.5, 0.6) is 5.75 Å². The van der Waals surface area contributed by atoms with Gasteiger partial charge in [-0.05, 0) is 34.5 Å². The number of likely N-dealkylation sites (N-methyl/N-ethyl adjacent to an activating group) is 1. The predicted molar refractivity (Wildman–Crippen MR) is 112 cm³/mol. The molecule has 0 radical (unpaired) electrons. The molecule has 29 heavy (non-hydrogen) atoms. The maximum absolute atomic E-state index is 11.8. The van der Waals surface area contributed by atoms with Crippen LogP contribution in [-0.4, -0.2) is 76.9 Å². The minimum absolute atomic E-state index is 0.158. The first kappa shape index (κ1) is 19.4. The van der Waals surface area contributed by atoms with E-state index in [1.807, 2.05) is 31.4 Å². The number of aliphatic hydroxyl groups excluding tert-OH is 1. The third-order valence-corrected chi connectivity index (χ3v) is 5.37. The molecule has 1 atom stereocenters. The molecule has 1 aliphatic heterocycles. The summed E-state index contributed by atoms with van der Waals surface area (Å²) in [5, 5.41) is 19.4. The highest BCUT2D eigenvalue weighted by Gasteiger charge is 2.20. The van der Waals surface area contributed by atoms with Crippen molar-refractivity contribution in [3.63, 3.8) is 0 Å². The summed E-state index contributed by atoms with van der Waals surface area (Å²) in [7, 11) is 1.82. The average Bonchev–Trinajstić information content (AvgIpc) is 3.23. The number of nitrogens with zero attached hydrogens (tertiary/aromatic N) is 3. The smallest absolute Gasteiger partial charge is 0.223 e. The van der Waals surface area contributed by atoms with Crippen molar-refractivity contribution in [2.45, 2.75) is 12.5 Å². The van der Waals surface area contributed by atoms with E-state index in [1.165, 1.54) is 0 Å². The molecule has 1 unspecified atom stereocenters. The molecule has 7 nitrogen and oxygen atoms in total. The number of hydrogen-bond donors (Lipinski definition) is 2. The number of H-pyrrole nitrogens is 1. The zero-order valence-electron chi connectivity index (χ0n) is 16.5. The van der Waals surface area contributed by atoms with Gasteiger partial charge in [0.2, 0.25) is 5.91 Å². The quantitative estimate of drug-likeness (QED) is 0.669. The topological polar surface area (TPSA) is 81.7 Å². The minimum atomic E-state index is -0.604. The van der Waals surface area contributed by atoms with Crippen molar-refractivity contribution < 1.29 is 14.6 Å². The Morgan fingerprint density at radius 1 is 1.14 bits per heavy atom. The Balaban J connectivity index is 1.34. The molecular weight excluding hydrogens is 368 g/mol. The van der Waals surface area contributed by atoms with Crippen LogP contribution in [0.2, 0.25) is 0 Å². The van der Waals surface area contributed by atoms with E-state index in [1.54, 1.807) is 11.1 Å². The predicted octanol–water partition coefficient (Wildman–Crippen LogP) is 2.13. The summed E-state index contributed by atoms with van der Waals surface area (Å²) in [6, 6.07) is 12.2. The van der Waals surface area contributed by atoms with E-state index >= 15 is 0 Å². The van der Waals surface area contributed by atoms with E-state index in [0.29, 0.717) is 26.1 Å². The fraction of sp³-hybridized carbons (Fsp3) is 0.364. The Kier molecular flexibility index (Phi) is 5.78. The largest absolute Gasteiger partial charge is 0.491 e. The van der Waals surface area contributed by atoms with Crippen LogP contribution >= 0.6 is 0 Å². The van der Waals surface area contributed by atoms with Crippen LogP contribution in [0.3, 0.4) is 0 Å². The highest BCUT2D eigenvalue weighted by atomic mass is 16.5. The highest BCUT2D eigenvalue weighted by Crippen LogP contribution is 2.26. The van der Waals surface area contributed by atoms with Crippen LogP contribution in [0.4, 0.5) is 0 Å². The number of rotatable bonds is 6. The molecule has 2 heterocycles. The first-order valence-electron chi connectivity index (χ1n) is 9.88. The van der Waals surface area contributed by atoms with Gasteiger partial charge in [0.1, 0.15) is 18.5 Å². The summed E-state index contributed by atoms with van der Waals surface area (Å²) >= 11 is 0. The number of benzene rings is 2. The van der Waals surface area contributed by atoms with Crippen LogP contribution in [0.1, 0.15) is 6.42 Å². The molecule has 1 aliphatic rings. The molecule has 1 amide bonds. The molecule has 152 valence electrons. The Labute approximate surface area is 169 Å². The molecule has 2 aromatic carbocycles. The highest BCUT2D eigenvalue weighted by molar-refractivity contribution is 5.88. The number of aromatic amines is 1. The van der Waals surface area contributed by atoms with Crippen LogP contribution in [0, 0.1) is 0 Å². The maximum Gasteiger partial charge on any atom is 0.223 e. The molecule has 1 fully saturated rings. The summed E-state index contributed by atoms with van der Waals surface area (Å²) in [6.45, 7) is 2.86. The van der Waals surface area contributed by atoms with Crippen molar-refractivity contribution in [3.05, 3.63) is 48.8 Å². The lowest BCUT2D eigenvalue weighted by molar-refractivity contribution is -0.129. The van der Waals surface area contributed by atoms with E-state index in [9.17, 15) is 9.90 Å². The third kappa shape index (κ3) is 4.75. The van der Waals surface area contributed by atoms with Crippen molar-refractivity contribution in [1.29, 1.82) is 0 Å². The molecule has 0 aliphatic carbocycles. The average molecular weight is 394 g/mol. The van der Waals surface area contributed by atoms with Crippen molar-refractivity contribution in [1.82, 2.24) is 20.0 Å². The van der Waals surface area contributed by atoms with E-state index < -0.39 is 6.10 Å². The second-order valence-corrected chi connectivity index (χ2v) is 7.54. The lowest BCUT2D eigenvalue weighted by Crippen LogP contribution is -2.37. The lowest BCUT2D eigenvalue weighted by atomic mass is 10.0. The number of aromatic nitrogens is 2. The molecule has 1 aromatic heterocycles. The SMILES string of the molecule is CN1CCN(CC(O)COc2ccc3cc(-c4cn[nH]c4)ccc3c2)CCC1=O. The molecule has 7 heteroatoms. The van der Waals surface area contributed by atoms with Crippen LogP contribution in [0.15, 0.2) is 48.8 Å². The third-order valence-electron chi connectivity index (χ3n) is 5.37. The standard InChI is InChI=1S/C22H26N4O3/c1-25-8-9-26(7-6-22(25)28)14-20(27)15-29-21-5-4-16-10-17(2-3-18(16)11-21)19-12-23-24-13-19/h2-5,10-13,20,27H,6-9,14-15H2,1H3,(H,23,24). The number of fused-ring (bicyclic) bond motifs is 1. The molecule has 3 aromatic rings. The van der Waals surface area contributed by atoms with E-state index in [2.05, 4.69) is 33.3 Å². The minimum Gasteiger partial charge on any atom is -0.491 e. The number of carbonyl (C=O) groups excluding carboxylic acids is 1. The first-order chi connectivity index (χ1) is 14.1. The van der Waals surface area contributed by atoms with Gasteiger partial charge in [-0.2, -0.15) is 5.10 Å². The Morgan fingerprint density at radius 2 is 1.97 bits per heavy atom. The van der Waals surface area contributed by atoms with Crippen LogP contribution in [-0.2, 0) is 4.79 Å². The van der Waals surface area contributed by atoms with E-state index in [0.717, 1.165) is 34.2 Å². The number of hydrogen-bond acceptors (Lipinski definition) is 5. The van der Waals surface area contributed by atoms with Crippen LogP contribution < -0.4 is 4.74 Å². The van der Waals surface area contributed by atoms with E-state index in [-0.39, 0.29) is 12.5 Å². The Morgan fingerprint density at radius 3 is 2.79 bits per heavy atom. The summed E-state index contributed by atoms with van der Waals surface area (Å²) in [4.78, 5) is 15.6. The van der Waals surface area contributed by atoms with Gasteiger partial charge in [-0.1, -0.05) is 18.2 Å². The summed E-state index contributed by atoms with van der Waals surface area (Å²) in [6.07, 6.45) is 3.57. The van der Waals surface area contributed by atoms with Crippen molar-refractivity contribution in [3.8, 4) is 16.9 Å². The van der Waals surface area contributed by atoms with Gasteiger partial charge in [-0.15, -0.1) is 0 Å². The molecule has 4 rings (SSSR count). The Hall–Kier alpha value is -2.90. The van der Waals surface area contributed by atoms with Crippen LogP contribution in [0.25, 0.3) is 21.9 Å². The Bertz CT molecular complexity index is 973. The van der Waals surface area contributed by atoms with Gasteiger partial charge in [0.25, 0.3) is 0 Å². The van der Waals surface area contributed by atoms with Gasteiger partial charge in [0, 0.05) is 51.4 Å². The zero-order valence-corrected chi connectivity index (χ0v) is 16.5. The number of carbonyl (C=O) groups is 1. The first-order valence-corrected chi connectivity index (χ1v) is 9.88. The van der Waals surface area contributed by atoms with Gasteiger partial charge in [-0.25, -0.2) is 0 Å². The summed E-state index contributed by atoms with van der Waals surface area (Å²) < 4.78 is 5.82. The maximum atomic E-state index is 11.8. The number of β-amino-alcohol motifs (C(OH)–C–C–N with tert-alkyl or cyclic N) is 1. The number of ether oxygens (including phenoxy) is 1. The van der Waals surface area contributed by atoms with Gasteiger partial charge >= 0.3 is 0 Å². The van der Waals surface area contributed by atoms with Gasteiger partial charge < -0.3 is 14.7 Å². The summed E-state index contributed by atoms with van der Waals surface area (Å²) in [5.74, 6) is 0.892. The number of aliphatic hydroxyl groups is 1. The fourth-order valence-electron chi connectivity index (χ4n) is 3.60. The molecule has 2 N–H and O–H groups in total. The monoisotopic (exact) mass is 394 g/mol. The normalized spacial score (nSPS) is 16.8. The molecular formula is C22H26N4O3. The zero-order chi connectivity index (χ0) is 20.2. The molecule has 1 saturated heterocycles. The van der Waals surface area contributed by atoms with Gasteiger partial charge in [0.15, 0.2) is 0 Å². The number of amides is 1. The molecule has 0 bridgehead atoms. The second kappa shape index (κ2) is 8.63. The fourth-order valence-corrected chi connectivity index (χ4v) is 3.60. The van der Waals surface area contributed by atoms with Crippen molar-refractivity contribution in [2.24, 2.45) is 0 Å². The lowest BCUT2D eigenvalue weighted by Gasteiger charge is -2.23.